The number of hydrogen-bond donors (Lipinski definition) is 2. The zero-order valence-electron chi connectivity index (χ0n) is 19.7. The Morgan fingerprint density at radius 1 is 0.943 bits per heavy atom. The topological polar surface area (TPSA) is 90.0 Å². The van der Waals surface area contributed by atoms with Crippen LogP contribution in [0.4, 0.5) is 17.2 Å². The molecular formula is C27H29N7O. The zero-order chi connectivity index (χ0) is 23.6. The number of piperazine rings is 1. The van der Waals surface area contributed by atoms with Crippen molar-refractivity contribution in [1.82, 2.24) is 20.2 Å². The Morgan fingerprint density at radius 2 is 1.77 bits per heavy atom. The van der Waals surface area contributed by atoms with Gasteiger partial charge >= 0.3 is 0 Å². The monoisotopic (exact) mass is 467 g/mol. The highest BCUT2D eigenvalue weighted by atomic mass is 16.1. The summed E-state index contributed by atoms with van der Waals surface area (Å²) >= 11 is 0. The van der Waals surface area contributed by atoms with Gasteiger partial charge in [0.2, 0.25) is 5.91 Å². The third-order valence-electron chi connectivity index (χ3n) is 7.23. The molecular weight excluding hydrogens is 438 g/mol. The van der Waals surface area contributed by atoms with E-state index in [0.29, 0.717) is 0 Å². The van der Waals surface area contributed by atoms with E-state index in [-0.39, 0.29) is 11.8 Å². The van der Waals surface area contributed by atoms with Gasteiger partial charge < -0.3 is 15.1 Å². The standard InChI is InChI=1S/C27H29N7O/c35-27(19-4-1-2-5-19)32-22-6-3-7-23(15-22)33-10-12-34(13-11-33)26-24-14-20(21-16-30-31-17-21)8-9-25(24)28-18-29-26/h3,6-9,14-19H,1-2,4-5,10-13H2,(H,30,31)(H,32,35). The first-order valence-electron chi connectivity index (χ1n) is 12.4. The van der Waals surface area contributed by atoms with Gasteiger partial charge in [-0.25, -0.2) is 9.97 Å². The van der Waals surface area contributed by atoms with Gasteiger partial charge in [0.05, 0.1) is 11.7 Å². The van der Waals surface area contributed by atoms with Crippen molar-refractivity contribution < 1.29 is 4.79 Å². The number of carbonyl (C=O) groups is 1. The highest BCUT2D eigenvalue weighted by molar-refractivity contribution is 5.94. The summed E-state index contributed by atoms with van der Waals surface area (Å²) in [5.41, 5.74) is 5.11. The maximum absolute atomic E-state index is 12.6. The number of amides is 1. The van der Waals surface area contributed by atoms with Gasteiger partial charge in [-0.15, -0.1) is 0 Å². The fraction of sp³-hybridized carbons (Fsp3) is 0.333. The van der Waals surface area contributed by atoms with E-state index in [2.05, 4.69) is 59.5 Å². The van der Waals surface area contributed by atoms with E-state index in [1.165, 1.54) is 0 Å². The number of aromatic nitrogens is 4. The van der Waals surface area contributed by atoms with Gasteiger partial charge in [0.15, 0.2) is 0 Å². The van der Waals surface area contributed by atoms with Crippen molar-refractivity contribution in [2.75, 3.05) is 41.3 Å². The number of H-pyrrole nitrogens is 1. The Kier molecular flexibility index (Phi) is 5.78. The zero-order valence-corrected chi connectivity index (χ0v) is 19.7. The Bertz CT molecular complexity index is 1320. The van der Waals surface area contributed by atoms with E-state index >= 15 is 0 Å². The molecule has 1 saturated carbocycles. The van der Waals surface area contributed by atoms with Crippen molar-refractivity contribution in [3.8, 4) is 11.1 Å². The van der Waals surface area contributed by atoms with Gasteiger partial charge in [-0.1, -0.05) is 25.0 Å². The Morgan fingerprint density at radius 3 is 2.57 bits per heavy atom. The lowest BCUT2D eigenvalue weighted by Crippen LogP contribution is -2.47. The van der Waals surface area contributed by atoms with E-state index in [1.54, 1.807) is 6.33 Å². The fourth-order valence-electron chi connectivity index (χ4n) is 5.27. The first kappa shape index (κ1) is 21.6. The van der Waals surface area contributed by atoms with Crippen LogP contribution in [0.2, 0.25) is 0 Å². The number of nitrogens with zero attached hydrogens (tertiary/aromatic N) is 5. The van der Waals surface area contributed by atoms with Crippen molar-refractivity contribution in [3.05, 3.63) is 61.2 Å². The number of carbonyl (C=O) groups excluding carboxylic acids is 1. The summed E-state index contributed by atoms with van der Waals surface area (Å²) in [6.07, 6.45) is 9.71. The molecule has 0 spiro atoms. The predicted octanol–water partition coefficient (Wildman–Crippen LogP) is 4.48. The molecule has 2 aromatic heterocycles. The number of nitrogens with one attached hydrogen (secondary N) is 2. The maximum Gasteiger partial charge on any atom is 0.227 e. The lowest BCUT2D eigenvalue weighted by molar-refractivity contribution is -0.119. The van der Waals surface area contributed by atoms with Crippen LogP contribution in [0.3, 0.4) is 0 Å². The average Bonchev–Trinajstić information content (AvgIpc) is 3.64. The molecule has 0 radical (unpaired) electrons. The molecule has 1 aliphatic heterocycles. The largest absolute Gasteiger partial charge is 0.368 e. The SMILES string of the molecule is O=C(Nc1cccc(N2CCN(c3ncnc4ccc(-c5cn[nH]c5)cc34)CC2)c1)C1CCCC1. The molecule has 2 aromatic carbocycles. The molecule has 3 heterocycles. The minimum atomic E-state index is 0.162. The third-order valence-corrected chi connectivity index (χ3v) is 7.23. The lowest BCUT2D eigenvalue weighted by Gasteiger charge is -2.37. The summed E-state index contributed by atoms with van der Waals surface area (Å²) in [4.78, 5) is 26.4. The van der Waals surface area contributed by atoms with E-state index in [0.717, 1.165) is 91.1 Å². The number of anilines is 3. The van der Waals surface area contributed by atoms with Crippen LogP contribution in [0.25, 0.3) is 22.0 Å². The Labute approximate surface area is 204 Å². The van der Waals surface area contributed by atoms with Crippen molar-refractivity contribution in [1.29, 1.82) is 0 Å². The highest BCUT2D eigenvalue weighted by Crippen LogP contribution is 2.30. The molecule has 2 aliphatic rings. The molecule has 0 atom stereocenters. The molecule has 1 aliphatic carbocycles. The molecule has 6 rings (SSSR count). The second-order valence-corrected chi connectivity index (χ2v) is 9.41. The second-order valence-electron chi connectivity index (χ2n) is 9.41. The summed E-state index contributed by atoms with van der Waals surface area (Å²) < 4.78 is 0. The number of rotatable bonds is 5. The predicted molar refractivity (Wildman–Crippen MR) is 139 cm³/mol. The molecule has 0 unspecified atom stereocenters. The molecule has 178 valence electrons. The second kappa shape index (κ2) is 9.37. The highest BCUT2D eigenvalue weighted by Gasteiger charge is 2.24. The number of fused-ring (bicyclic) bond motifs is 1. The number of aromatic amines is 1. The van der Waals surface area contributed by atoms with Gasteiger partial charge in [0, 0.05) is 60.6 Å². The maximum atomic E-state index is 12.6. The molecule has 1 amide bonds. The van der Waals surface area contributed by atoms with Crippen LogP contribution >= 0.6 is 0 Å². The first-order valence-corrected chi connectivity index (χ1v) is 12.4. The third kappa shape index (κ3) is 4.43. The van der Waals surface area contributed by atoms with Gasteiger partial charge in [-0.3, -0.25) is 9.89 Å². The molecule has 0 bridgehead atoms. The van der Waals surface area contributed by atoms with Crippen LogP contribution in [0, 0.1) is 5.92 Å². The van der Waals surface area contributed by atoms with Crippen LogP contribution in [-0.2, 0) is 4.79 Å². The summed E-state index contributed by atoms with van der Waals surface area (Å²) in [6, 6.07) is 14.5. The fourth-order valence-corrected chi connectivity index (χ4v) is 5.27. The molecule has 1 saturated heterocycles. The Balaban J connectivity index is 1.17. The number of hydrogen-bond acceptors (Lipinski definition) is 6. The molecule has 8 heteroatoms. The van der Waals surface area contributed by atoms with Gasteiger partial charge in [-0.2, -0.15) is 5.10 Å². The van der Waals surface area contributed by atoms with E-state index < -0.39 is 0 Å². The van der Waals surface area contributed by atoms with Crippen molar-refractivity contribution >= 4 is 34.0 Å². The molecule has 35 heavy (non-hydrogen) atoms. The summed E-state index contributed by atoms with van der Waals surface area (Å²) in [5.74, 6) is 1.30. The van der Waals surface area contributed by atoms with E-state index in [1.807, 2.05) is 30.6 Å². The summed E-state index contributed by atoms with van der Waals surface area (Å²) in [5, 5.41) is 11.1. The van der Waals surface area contributed by atoms with Crippen molar-refractivity contribution in [2.45, 2.75) is 25.7 Å². The Hall–Kier alpha value is -3.94. The van der Waals surface area contributed by atoms with Crippen LogP contribution in [0.15, 0.2) is 61.2 Å². The van der Waals surface area contributed by atoms with Crippen molar-refractivity contribution in [2.24, 2.45) is 5.92 Å². The van der Waals surface area contributed by atoms with E-state index in [4.69, 9.17) is 0 Å². The normalized spacial score (nSPS) is 16.7. The quantitative estimate of drug-likeness (QED) is 0.450. The first-order chi connectivity index (χ1) is 17.2. The molecule has 2 N–H and O–H groups in total. The van der Waals surface area contributed by atoms with Crippen LogP contribution in [-0.4, -0.2) is 52.3 Å². The lowest BCUT2D eigenvalue weighted by atomic mass is 10.1. The van der Waals surface area contributed by atoms with Crippen LogP contribution < -0.4 is 15.1 Å². The van der Waals surface area contributed by atoms with Gasteiger partial charge in [0.25, 0.3) is 0 Å². The molecule has 2 fully saturated rings. The van der Waals surface area contributed by atoms with Gasteiger partial charge in [0.1, 0.15) is 12.1 Å². The van der Waals surface area contributed by atoms with E-state index in [9.17, 15) is 4.79 Å². The smallest absolute Gasteiger partial charge is 0.227 e. The average molecular weight is 468 g/mol. The summed E-state index contributed by atoms with van der Waals surface area (Å²) in [6.45, 7) is 3.49. The number of benzene rings is 2. The molecule has 4 aromatic rings. The van der Waals surface area contributed by atoms with Crippen molar-refractivity contribution in [3.63, 3.8) is 0 Å². The summed E-state index contributed by atoms with van der Waals surface area (Å²) in [7, 11) is 0. The molecule has 8 nitrogen and oxygen atoms in total. The van der Waals surface area contributed by atoms with Gasteiger partial charge in [-0.05, 0) is 48.7 Å². The minimum absolute atomic E-state index is 0.162. The van der Waals surface area contributed by atoms with Crippen LogP contribution in [0.1, 0.15) is 25.7 Å². The van der Waals surface area contributed by atoms with Crippen LogP contribution in [0.5, 0.6) is 0 Å². The minimum Gasteiger partial charge on any atom is -0.368 e.